The van der Waals surface area contributed by atoms with E-state index in [0.29, 0.717) is 12.2 Å². The van der Waals surface area contributed by atoms with Gasteiger partial charge in [-0.25, -0.2) is 10.2 Å². The minimum Gasteiger partial charge on any atom is -0.497 e. The van der Waals surface area contributed by atoms with Gasteiger partial charge in [-0.05, 0) is 48.5 Å². The van der Waals surface area contributed by atoms with E-state index in [9.17, 15) is 4.79 Å². The van der Waals surface area contributed by atoms with Crippen molar-refractivity contribution in [3.63, 3.8) is 0 Å². The Morgan fingerprint density at radius 2 is 1.62 bits per heavy atom. The Balaban J connectivity index is 1.40. The molecule has 2 N–H and O–H groups in total. The van der Waals surface area contributed by atoms with Crippen LogP contribution in [-0.2, 0) is 0 Å². The van der Waals surface area contributed by atoms with Gasteiger partial charge in [-0.15, -0.1) is 0 Å². The number of para-hydroxylation sites is 2. The number of hydrogen-bond acceptors (Lipinski definition) is 5. The molecule has 3 aromatic rings. The van der Waals surface area contributed by atoms with Crippen molar-refractivity contribution in [1.82, 2.24) is 5.43 Å². The van der Waals surface area contributed by atoms with E-state index in [1.807, 2.05) is 24.3 Å². The first kappa shape index (κ1) is 18.9. The third-order valence-electron chi connectivity index (χ3n) is 4.40. The molecule has 146 valence electrons. The Hall–Kier alpha value is -3.45. The highest BCUT2D eigenvalue weighted by atomic mass is 32.2. The summed E-state index contributed by atoms with van der Waals surface area (Å²) in [5.41, 5.74) is 5.42. The molecule has 4 rings (SSSR count). The van der Waals surface area contributed by atoms with Gasteiger partial charge in [0.25, 0.3) is 0 Å². The van der Waals surface area contributed by atoms with Gasteiger partial charge in [0.1, 0.15) is 5.75 Å². The van der Waals surface area contributed by atoms with Crippen molar-refractivity contribution >= 4 is 41.1 Å². The van der Waals surface area contributed by atoms with Crippen molar-refractivity contribution < 1.29 is 9.53 Å². The molecule has 0 saturated carbocycles. The summed E-state index contributed by atoms with van der Waals surface area (Å²) in [4.78, 5) is 16.6. The molecule has 0 aliphatic carbocycles. The third kappa shape index (κ3) is 4.35. The summed E-state index contributed by atoms with van der Waals surface area (Å²) >= 11 is 1.76. The predicted octanol–water partition coefficient (Wildman–Crippen LogP) is 5.11. The molecule has 7 heteroatoms. The Kier molecular flexibility index (Phi) is 5.67. The van der Waals surface area contributed by atoms with Gasteiger partial charge in [0.05, 0.1) is 25.0 Å². The molecule has 0 spiro atoms. The van der Waals surface area contributed by atoms with Crippen LogP contribution in [0.5, 0.6) is 5.75 Å². The monoisotopic (exact) mass is 404 g/mol. The van der Waals surface area contributed by atoms with Crippen LogP contribution in [0.25, 0.3) is 0 Å². The maximum atomic E-state index is 12.0. The molecule has 0 unspecified atom stereocenters. The largest absolute Gasteiger partial charge is 0.497 e. The zero-order chi connectivity index (χ0) is 20.1. The van der Waals surface area contributed by atoms with Crippen molar-refractivity contribution in [3.05, 3.63) is 72.8 Å². The zero-order valence-corrected chi connectivity index (χ0v) is 16.6. The lowest BCUT2D eigenvalue weighted by molar-refractivity contribution is 0.252. The van der Waals surface area contributed by atoms with Gasteiger partial charge in [-0.2, -0.15) is 5.10 Å². The van der Waals surface area contributed by atoms with Gasteiger partial charge >= 0.3 is 6.03 Å². The molecule has 3 aromatic carbocycles. The summed E-state index contributed by atoms with van der Waals surface area (Å²) in [5.74, 6) is 0.731. The summed E-state index contributed by atoms with van der Waals surface area (Å²) in [6.07, 6.45) is 1.69. The molecule has 1 aliphatic heterocycles. The number of carbonyl (C=O) groups excluding carboxylic acids is 1. The fourth-order valence-electron chi connectivity index (χ4n) is 3.04. The fourth-order valence-corrected chi connectivity index (χ4v) is 4.13. The first-order chi connectivity index (χ1) is 14.2. The zero-order valence-electron chi connectivity index (χ0n) is 15.8. The molecule has 0 bridgehead atoms. The molecule has 6 nitrogen and oxygen atoms in total. The third-order valence-corrected chi connectivity index (χ3v) is 5.53. The van der Waals surface area contributed by atoms with Gasteiger partial charge in [0.15, 0.2) is 0 Å². The minimum absolute atomic E-state index is 0.401. The van der Waals surface area contributed by atoms with Crippen LogP contribution in [0.4, 0.5) is 21.9 Å². The maximum absolute atomic E-state index is 12.0. The second kappa shape index (κ2) is 8.70. The lowest BCUT2D eigenvalue weighted by atomic mass is 10.2. The van der Waals surface area contributed by atoms with Crippen molar-refractivity contribution in [2.45, 2.75) is 9.79 Å². The van der Waals surface area contributed by atoms with Crippen LogP contribution in [0.2, 0.25) is 0 Å². The maximum Gasteiger partial charge on any atom is 0.339 e. The SMILES string of the molecule is COc1ccc(NC(=O)N/N=C/CN2c3ccccc3Sc3ccccc32)cc1. The van der Waals surface area contributed by atoms with Crippen LogP contribution in [0, 0.1) is 0 Å². The Labute approximate surface area is 173 Å². The van der Waals surface area contributed by atoms with E-state index < -0.39 is 6.03 Å². The van der Waals surface area contributed by atoms with Crippen molar-refractivity contribution in [2.24, 2.45) is 5.10 Å². The average Bonchev–Trinajstić information content (AvgIpc) is 2.76. The quantitative estimate of drug-likeness (QED) is 0.458. The fraction of sp³-hybridized carbons (Fsp3) is 0.0909. The normalized spacial score (nSPS) is 12.2. The Morgan fingerprint density at radius 1 is 1.00 bits per heavy atom. The molecule has 0 radical (unpaired) electrons. The van der Waals surface area contributed by atoms with E-state index in [1.165, 1.54) is 9.79 Å². The second-order valence-corrected chi connectivity index (χ2v) is 7.34. The van der Waals surface area contributed by atoms with Crippen molar-refractivity contribution in [3.8, 4) is 5.75 Å². The van der Waals surface area contributed by atoms with E-state index >= 15 is 0 Å². The predicted molar refractivity (Wildman–Crippen MR) is 118 cm³/mol. The molecular weight excluding hydrogens is 384 g/mol. The number of nitrogens with zero attached hydrogens (tertiary/aromatic N) is 2. The van der Waals surface area contributed by atoms with Crippen LogP contribution >= 0.6 is 11.8 Å². The molecule has 2 amide bonds. The Bertz CT molecular complexity index is 991. The van der Waals surface area contributed by atoms with E-state index in [1.54, 1.807) is 49.4 Å². The molecule has 0 saturated heterocycles. The van der Waals surface area contributed by atoms with Crippen LogP contribution in [0.1, 0.15) is 0 Å². The molecule has 0 aromatic heterocycles. The van der Waals surface area contributed by atoms with E-state index in [0.717, 1.165) is 17.1 Å². The van der Waals surface area contributed by atoms with Crippen LogP contribution in [0.3, 0.4) is 0 Å². The summed E-state index contributed by atoms with van der Waals surface area (Å²) in [6.45, 7) is 0.539. The lowest BCUT2D eigenvalue weighted by Gasteiger charge is -2.31. The molecule has 0 atom stereocenters. The molecule has 29 heavy (non-hydrogen) atoms. The highest BCUT2D eigenvalue weighted by molar-refractivity contribution is 7.99. The number of carbonyl (C=O) groups is 1. The van der Waals surface area contributed by atoms with E-state index in [-0.39, 0.29) is 0 Å². The highest BCUT2D eigenvalue weighted by Gasteiger charge is 2.21. The van der Waals surface area contributed by atoms with Crippen LogP contribution < -0.4 is 20.4 Å². The topological polar surface area (TPSA) is 66.0 Å². The number of ether oxygens (including phenoxy) is 1. The highest BCUT2D eigenvalue weighted by Crippen LogP contribution is 2.47. The first-order valence-corrected chi connectivity index (χ1v) is 9.92. The molecule has 0 fully saturated rings. The van der Waals surface area contributed by atoms with Gasteiger partial charge in [0, 0.05) is 21.7 Å². The number of hydrazone groups is 1. The summed E-state index contributed by atoms with van der Waals surface area (Å²) < 4.78 is 5.10. The number of amides is 2. The number of benzene rings is 3. The number of hydrogen-bond donors (Lipinski definition) is 2. The summed E-state index contributed by atoms with van der Waals surface area (Å²) in [7, 11) is 1.60. The van der Waals surface area contributed by atoms with Gasteiger partial charge < -0.3 is 15.0 Å². The summed E-state index contributed by atoms with van der Waals surface area (Å²) in [6, 6.07) is 23.2. The number of anilines is 3. The van der Waals surface area contributed by atoms with Crippen molar-refractivity contribution in [2.75, 3.05) is 23.9 Å². The van der Waals surface area contributed by atoms with Crippen molar-refractivity contribution in [1.29, 1.82) is 0 Å². The van der Waals surface area contributed by atoms with Crippen LogP contribution in [-0.4, -0.2) is 25.9 Å². The first-order valence-electron chi connectivity index (χ1n) is 9.10. The second-order valence-electron chi connectivity index (χ2n) is 6.25. The van der Waals surface area contributed by atoms with Crippen LogP contribution in [0.15, 0.2) is 87.7 Å². The Morgan fingerprint density at radius 3 is 2.24 bits per heavy atom. The van der Waals surface area contributed by atoms with Gasteiger partial charge in [-0.1, -0.05) is 36.0 Å². The molecule has 1 aliphatic rings. The van der Waals surface area contributed by atoms with Gasteiger partial charge in [-0.3, -0.25) is 0 Å². The molecule has 1 heterocycles. The lowest BCUT2D eigenvalue weighted by Crippen LogP contribution is -2.26. The number of urea groups is 1. The molecular formula is C22H20N4O2S. The minimum atomic E-state index is -0.401. The summed E-state index contributed by atoms with van der Waals surface area (Å²) in [5, 5.41) is 6.81. The smallest absolute Gasteiger partial charge is 0.339 e. The number of rotatable bonds is 5. The average molecular weight is 404 g/mol. The van der Waals surface area contributed by atoms with E-state index in [4.69, 9.17) is 4.74 Å². The van der Waals surface area contributed by atoms with E-state index in [2.05, 4.69) is 45.0 Å². The number of nitrogens with one attached hydrogen (secondary N) is 2. The standard InChI is InChI=1S/C22H20N4O2S/c1-28-17-12-10-16(11-13-17)24-22(27)25-23-14-15-26-18-6-2-4-8-20(18)29-21-9-5-3-7-19(21)26/h2-14H,15H2,1H3,(H2,24,25,27)/b23-14+. The number of methoxy groups -OCH3 is 1. The number of fused-ring (bicyclic) bond motifs is 2. The van der Waals surface area contributed by atoms with Gasteiger partial charge in [0.2, 0.25) is 0 Å².